The van der Waals surface area contributed by atoms with Crippen molar-refractivity contribution in [2.45, 2.75) is 52.1 Å². The van der Waals surface area contributed by atoms with E-state index in [1.807, 2.05) is 13.8 Å². The van der Waals surface area contributed by atoms with Gasteiger partial charge in [-0.05, 0) is 32.3 Å². The number of carbonyl (C=O) groups excluding carboxylic acids is 1. The summed E-state index contributed by atoms with van der Waals surface area (Å²) < 4.78 is 24.6. The van der Waals surface area contributed by atoms with Crippen LogP contribution in [0.4, 0.5) is 0 Å². The van der Waals surface area contributed by atoms with Gasteiger partial charge < -0.3 is 5.32 Å². The van der Waals surface area contributed by atoms with Gasteiger partial charge in [-0.25, -0.2) is 8.42 Å². The fourth-order valence-electron chi connectivity index (χ4n) is 2.92. The van der Waals surface area contributed by atoms with E-state index in [0.29, 0.717) is 32.2 Å². The van der Waals surface area contributed by atoms with Crippen molar-refractivity contribution in [2.75, 3.05) is 11.5 Å². The number of aryl methyl sites for hydroxylation is 2. The van der Waals surface area contributed by atoms with Gasteiger partial charge in [0, 0.05) is 18.2 Å². The summed E-state index contributed by atoms with van der Waals surface area (Å²) in [6.45, 7) is 4.39. The van der Waals surface area contributed by atoms with Crippen LogP contribution in [-0.2, 0) is 27.6 Å². The molecule has 0 saturated carbocycles. The first-order chi connectivity index (χ1) is 10.8. The number of amides is 1. The van der Waals surface area contributed by atoms with Crippen LogP contribution < -0.4 is 5.32 Å². The van der Waals surface area contributed by atoms with Crippen molar-refractivity contribution in [3.8, 4) is 6.07 Å². The Bertz CT molecular complexity index is 731. The Morgan fingerprint density at radius 1 is 1.48 bits per heavy atom. The third-order valence-corrected chi connectivity index (χ3v) is 5.93. The van der Waals surface area contributed by atoms with Crippen LogP contribution in [0.5, 0.6) is 0 Å². The number of sulfone groups is 1. The third-order valence-electron chi connectivity index (χ3n) is 4.17. The van der Waals surface area contributed by atoms with Crippen molar-refractivity contribution in [3.63, 3.8) is 0 Å². The maximum absolute atomic E-state index is 12.0. The van der Waals surface area contributed by atoms with Gasteiger partial charge in [-0.3, -0.25) is 9.48 Å². The molecule has 1 amide bonds. The average molecular weight is 338 g/mol. The summed E-state index contributed by atoms with van der Waals surface area (Å²) in [5.74, 6) is 0.0701. The number of hydrogen-bond acceptors (Lipinski definition) is 5. The van der Waals surface area contributed by atoms with E-state index in [1.54, 1.807) is 4.68 Å². The molecule has 1 aliphatic rings. The molecule has 8 heteroatoms. The molecule has 0 radical (unpaired) electrons. The van der Waals surface area contributed by atoms with Gasteiger partial charge in [-0.1, -0.05) is 0 Å². The van der Waals surface area contributed by atoms with E-state index < -0.39 is 9.84 Å². The minimum Gasteiger partial charge on any atom is -0.352 e. The quantitative estimate of drug-likeness (QED) is 0.820. The lowest BCUT2D eigenvalue weighted by Gasteiger charge is -2.10. The standard InChI is InChI=1S/C15H22N4O3S/c1-11-14(12(2)19(18-11)8-3-7-16)4-5-15(20)17-13-6-9-23(21,22)10-13/h13H,3-6,8-10H2,1-2H3,(H,17,20)/t13-/m1/s1. The van der Waals surface area contributed by atoms with Gasteiger partial charge in [0.25, 0.3) is 0 Å². The van der Waals surface area contributed by atoms with E-state index in [9.17, 15) is 13.2 Å². The van der Waals surface area contributed by atoms with E-state index in [1.165, 1.54) is 0 Å². The summed E-state index contributed by atoms with van der Waals surface area (Å²) in [4.78, 5) is 12.0. The predicted molar refractivity (Wildman–Crippen MR) is 85.5 cm³/mol. The fourth-order valence-corrected chi connectivity index (χ4v) is 4.59. The fraction of sp³-hybridized carbons (Fsp3) is 0.667. The molecule has 0 spiro atoms. The Balaban J connectivity index is 1.89. The van der Waals surface area contributed by atoms with Crippen LogP contribution in [0.15, 0.2) is 0 Å². The van der Waals surface area contributed by atoms with Crippen LogP contribution in [0.3, 0.4) is 0 Å². The molecule has 0 aliphatic carbocycles. The zero-order valence-electron chi connectivity index (χ0n) is 13.5. The second-order valence-electron chi connectivity index (χ2n) is 5.95. The molecule has 0 unspecified atom stereocenters. The summed E-state index contributed by atoms with van der Waals surface area (Å²) in [6, 6.07) is 1.84. The van der Waals surface area contributed by atoms with Crippen LogP contribution in [0, 0.1) is 25.2 Å². The lowest BCUT2D eigenvalue weighted by atomic mass is 10.1. The minimum atomic E-state index is -2.98. The molecule has 0 bridgehead atoms. The van der Waals surface area contributed by atoms with Gasteiger partial charge in [0.1, 0.15) is 0 Å². The lowest BCUT2D eigenvalue weighted by Crippen LogP contribution is -2.35. The minimum absolute atomic E-state index is 0.0445. The molecule has 1 aliphatic heterocycles. The molecule has 1 fully saturated rings. The van der Waals surface area contributed by atoms with Gasteiger partial charge in [-0.15, -0.1) is 0 Å². The summed E-state index contributed by atoms with van der Waals surface area (Å²) in [5.41, 5.74) is 2.88. The van der Waals surface area contributed by atoms with Crippen LogP contribution in [0.2, 0.25) is 0 Å². The van der Waals surface area contributed by atoms with Crippen molar-refractivity contribution in [1.82, 2.24) is 15.1 Å². The second kappa shape index (κ2) is 7.13. The van der Waals surface area contributed by atoms with Crippen LogP contribution >= 0.6 is 0 Å². The number of nitrogens with zero attached hydrogens (tertiary/aromatic N) is 3. The number of carbonyl (C=O) groups is 1. The number of aromatic nitrogens is 2. The molecule has 0 aromatic carbocycles. The highest BCUT2D eigenvalue weighted by Crippen LogP contribution is 2.16. The summed E-state index contributed by atoms with van der Waals surface area (Å²) in [5, 5.41) is 15.9. The predicted octanol–water partition coefficient (Wildman–Crippen LogP) is 0.650. The first-order valence-corrected chi connectivity index (χ1v) is 9.54. The maximum Gasteiger partial charge on any atom is 0.220 e. The molecular formula is C15H22N4O3S. The normalized spacial score (nSPS) is 19.4. The van der Waals surface area contributed by atoms with Crippen molar-refractivity contribution in [3.05, 3.63) is 17.0 Å². The first kappa shape index (κ1) is 17.5. The molecule has 1 atom stereocenters. The molecule has 1 N–H and O–H groups in total. The molecule has 23 heavy (non-hydrogen) atoms. The van der Waals surface area contributed by atoms with Gasteiger partial charge in [0.05, 0.1) is 36.2 Å². The van der Waals surface area contributed by atoms with Gasteiger partial charge in [0.15, 0.2) is 9.84 Å². The summed E-state index contributed by atoms with van der Waals surface area (Å²) in [6.07, 6.45) is 1.77. The number of rotatable bonds is 6. The van der Waals surface area contributed by atoms with Crippen molar-refractivity contribution in [1.29, 1.82) is 5.26 Å². The summed E-state index contributed by atoms with van der Waals surface area (Å²) >= 11 is 0. The Morgan fingerprint density at radius 2 is 2.22 bits per heavy atom. The Kier molecular flexibility index (Phi) is 5.42. The number of nitrogens with one attached hydrogen (secondary N) is 1. The average Bonchev–Trinajstić information content (AvgIpc) is 2.94. The summed E-state index contributed by atoms with van der Waals surface area (Å²) in [7, 11) is -2.98. The van der Waals surface area contributed by atoms with Crippen LogP contribution in [0.25, 0.3) is 0 Å². The highest BCUT2D eigenvalue weighted by molar-refractivity contribution is 7.91. The Morgan fingerprint density at radius 3 is 2.83 bits per heavy atom. The molecule has 1 aromatic rings. The number of hydrogen-bond donors (Lipinski definition) is 1. The van der Waals surface area contributed by atoms with Crippen LogP contribution in [0.1, 0.15) is 36.2 Å². The smallest absolute Gasteiger partial charge is 0.220 e. The van der Waals surface area contributed by atoms with Gasteiger partial charge in [0.2, 0.25) is 5.91 Å². The van der Waals surface area contributed by atoms with Gasteiger partial charge >= 0.3 is 0 Å². The zero-order valence-corrected chi connectivity index (χ0v) is 14.3. The maximum atomic E-state index is 12.0. The molecule has 1 aromatic heterocycles. The van der Waals surface area contributed by atoms with E-state index in [0.717, 1.165) is 17.0 Å². The molecule has 7 nitrogen and oxygen atoms in total. The molecular weight excluding hydrogens is 316 g/mol. The Labute approximate surface area is 136 Å². The van der Waals surface area contributed by atoms with E-state index >= 15 is 0 Å². The monoisotopic (exact) mass is 338 g/mol. The molecule has 2 rings (SSSR count). The topological polar surface area (TPSA) is 105 Å². The SMILES string of the molecule is Cc1nn(CCC#N)c(C)c1CCC(=O)N[C@@H]1CCS(=O)(=O)C1. The highest BCUT2D eigenvalue weighted by atomic mass is 32.2. The van der Waals surface area contributed by atoms with E-state index in [4.69, 9.17) is 5.26 Å². The third kappa shape index (κ3) is 4.55. The van der Waals surface area contributed by atoms with Crippen LogP contribution in [-0.4, -0.2) is 41.7 Å². The first-order valence-electron chi connectivity index (χ1n) is 7.72. The highest BCUT2D eigenvalue weighted by Gasteiger charge is 2.28. The largest absolute Gasteiger partial charge is 0.352 e. The van der Waals surface area contributed by atoms with Crippen molar-refractivity contribution >= 4 is 15.7 Å². The molecule has 126 valence electrons. The Hall–Kier alpha value is -1.88. The molecule has 2 heterocycles. The second-order valence-corrected chi connectivity index (χ2v) is 8.18. The number of nitriles is 1. The lowest BCUT2D eigenvalue weighted by molar-refractivity contribution is -0.121. The van der Waals surface area contributed by atoms with Crippen molar-refractivity contribution in [2.24, 2.45) is 0 Å². The van der Waals surface area contributed by atoms with Gasteiger partial charge in [-0.2, -0.15) is 10.4 Å². The molecule has 1 saturated heterocycles. The zero-order chi connectivity index (χ0) is 17.0. The van der Waals surface area contributed by atoms with E-state index in [-0.39, 0.29) is 23.5 Å². The van der Waals surface area contributed by atoms with E-state index in [2.05, 4.69) is 16.5 Å². The van der Waals surface area contributed by atoms with Crippen molar-refractivity contribution < 1.29 is 13.2 Å².